The molecule has 0 bridgehead atoms. The van der Waals surface area contributed by atoms with Crippen molar-refractivity contribution in [3.05, 3.63) is 70.9 Å². The van der Waals surface area contributed by atoms with E-state index in [0.29, 0.717) is 13.0 Å². The van der Waals surface area contributed by atoms with Gasteiger partial charge in [0.1, 0.15) is 0 Å². The first kappa shape index (κ1) is 23.5. The van der Waals surface area contributed by atoms with Crippen LogP contribution in [-0.2, 0) is 22.6 Å². The zero-order chi connectivity index (χ0) is 24.4. The number of aryl methyl sites for hydroxylation is 2. The fraction of sp³-hybridized carbons (Fsp3) is 0.414. The zero-order valence-electron chi connectivity index (χ0n) is 20.7. The molecule has 1 unspecified atom stereocenters. The molecule has 182 valence electrons. The van der Waals surface area contributed by atoms with Gasteiger partial charge in [-0.2, -0.15) is 0 Å². The fourth-order valence-corrected chi connectivity index (χ4v) is 5.40. The number of anilines is 1. The monoisotopic (exact) mass is 470 g/mol. The summed E-state index contributed by atoms with van der Waals surface area (Å²) in [5.41, 5.74) is 7.00. The Bertz CT molecular complexity index is 1250. The summed E-state index contributed by atoms with van der Waals surface area (Å²) in [6, 6.07) is 14.2. The van der Waals surface area contributed by atoms with Crippen LogP contribution in [0.5, 0.6) is 0 Å². The minimum atomic E-state index is -0.00000824. The summed E-state index contributed by atoms with van der Waals surface area (Å²) in [7, 11) is 0. The molecule has 2 amide bonds. The number of nitrogens with one attached hydrogen (secondary N) is 1. The third-order valence-electron chi connectivity index (χ3n) is 7.54. The van der Waals surface area contributed by atoms with Gasteiger partial charge in [-0.25, -0.2) is 0 Å². The average Bonchev–Trinajstić information content (AvgIpc) is 2.87. The molecule has 5 rings (SSSR count). The van der Waals surface area contributed by atoms with Gasteiger partial charge in [-0.15, -0.1) is 0 Å². The highest BCUT2D eigenvalue weighted by molar-refractivity contribution is 5.93. The number of carbonyl (C=O) groups is 2. The van der Waals surface area contributed by atoms with E-state index < -0.39 is 0 Å². The molecule has 1 atom stereocenters. The van der Waals surface area contributed by atoms with Crippen molar-refractivity contribution in [3.8, 4) is 0 Å². The van der Waals surface area contributed by atoms with Crippen molar-refractivity contribution in [2.45, 2.75) is 46.1 Å². The lowest BCUT2D eigenvalue weighted by Crippen LogP contribution is -2.46. The molecule has 2 aliphatic rings. The first-order valence-corrected chi connectivity index (χ1v) is 12.7. The Hall–Kier alpha value is -3.25. The lowest BCUT2D eigenvalue weighted by molar-refractivity contribution is -0.138. The second-order valence-corrected chi connectivity index (χ2v) is 10.1. The summed E-state index contributed by atoms with van der Waals surface area (Å²) in [6.07, 6.45) is 5.05. The van der Waals surface area contributed by atoms with Crippen molar-refractivity contribution in [1.82, 2.24) is 14.8 Å². The summed E-state index contributed by atoms with van der Waals surface area (Å²) < 4.78 is 0. The van der Waals surface area contributed by atoms with Gasteiger partial charge < -0.3 is 15.1 Å². The number of piperidine rings is 1. The van der Waals surface area contributed by atoms with Gasteiger partial charge in [0.25, 0.3) is 0 Å². The predicted octanol–water partition coefficient (Wildman–Crippen LogP) is 4.48. The molecule has 2 aliphatic heterocycles. The second-order valence-electron chi connectivity index (χ2n) is 10.1. The van der Waals surface area contributed by atoms with Crippen LogP contribution in [-0.4, -0.2) is 52.8 Å². The number of aromatic nitrogens is 1. The van der Waals surface area contributed by atoms with Crippen LogP contribution in [0.1, 0.15) is 41.5 Å². The standard InChI is InChI=1S/C29H34N4O2/c1-20-15-22-9-14-33(19-25(22)16-21(20)2)29(35)24-6-4-12-32(18-24)13-10-28(34)31-26-7-8-27-23(17-26)5-3-11-30-27/h3,5,7-8,11,15-17,24H,4,6,9-10,12-14,18-19H2,1-2H3,(H,31,34). The number of hydrogen-bond acceptors (Lipinski definition) is 4. The summed E-state index contributed by atoms with van der Waals surface area (Å²) in [4.78, 5) is 34.6. The van der Waals surface area contributed by atoms with E-state index in [2.05, 4.69) is 41.2 Å². The van der Waals surface area contributed by atoms with Crippen molar-refractivity contribution in [2.24, 2.45) is 5.92 Å². The molecule has 0 saturated carbocycles. The van der Waals surface area contributed by atoms with E-state index in [9.17, 15) is 9.59 Å². The van der Waals surface area contributed by atoms with Crippen LogP contribution in [0, 0.1) is 19.8 Å². The summed E-state index contributed by atoms with van der Waals surface area (Å²) >= 11 is 0. The fourth-order valence-electron chi connectivity index (χ4n) is 5.40. The van der Waals surface area contributed by atoms with Crippen LogP contribution in [0.3, 0.4) is 0 Å². The van der Waals surface area contributed by atoms with E-state index in [1.807, 2.05) is 35.2 Å². The van der Waals surface area contributed by atoms with Gasteiger partial charge in [-0.1, -0.05) is 18.2 Å². The molecule has 6 nitrogen and oxygen atoms in total. The van der Waals surface area contributed by atoms with E-state index in [1.165, 1.54) is 22.3 Å². The van der Waals surface area contributed by atoms with Crippen LogP contribution < -0.4 is 5.32 Å². The molecular weight excluding hydrogens is 436 g/mol. The normalized spacial score (nSPS) is 18.3. The molecule has 2 aromatic carbocycles. The Balaban J connectivity index is 1.13. The summed E-state index contributed by atoms with van der Waals surface area (Å²) in [5.74, 6) is 0.292. The van der Waals surface area contributed by atoms with Crippen LogP contribution >= 0.6 is 0 Å². The Morgan fingerprint density at radius 3 is 2.74 bits per heavy atom. The summed E-state index contributed by atoms with van der Waals surface area (Å²) in [5, 5.41) is 4.02. The van der Waals surface area contributed by atoms with Crippen molar-refractivity contribution >= 4 is 28.4 Å². The highest BCUT2D eigenvalue weighted by atomic mass is 16.2. The number of fused-ring (bicyclic) bond motifs is 2. The number of likely N-dealkylation sites (tertiary alicyclic amines) is 1. The average molecular weight is 471 g/mol. The maximum Gasteiger partial charge on any atom is 0.227 e. The van der Waals surface area contributed by atoms with Gasteiger partial charge in [0.15, 0.2) is 0 Å². The number of pyridine rings is 1. The van der Waals surface area contributed by atoms with Crippen LogP contribution in [0.2, 0.25) is 0 Å². The lowest BCUT2D eigenvalue weighted by Gasteiger charge is -2.37. The van der Waals surface area contributed by atoms with Crippen LogP contribution in [0.15, 0.2) is 48.7 Å². The van der Waals surface area contributed by atoms with Gasteiger partial charge in [0.2, 0.25) is 11.8 Å². The maximum atomic E-state index is 13.4. The lowest BCUT2D eigenvalue weighted by atomic mass is 9.92. The van der Waals surface area contributed by atoms with Gasteiger partial charge in [0, 0.05) is 49.9 Å². The molecule has 35 heavy (non-hydrogen) atoms. The van der Waals surface area contributed by atoms with Crippen molar-refractivity contribution < 1.29 is 9.59 Å². The topological polar surface area (TPSA) is 65.5 Å². The van der Waals surface area contributed by atoms with E-state index in [-0.39, 0.29) is 17.7 Å². The molecule has 0 aliphatic carbocycles. The number of amides is 2. The predicted molar refractivity (Wildman–Crippen MR) is 139 cm³/mol. The Labute approximate surface area is 207 Å². The van der Waals surface area contributed by atoms with Gasteiger partial charge in [-0.05, 0) is 86.2 Å². The van der Waals surface area contributed by atoms with Gasteiger partial charge in [0.05, 0.1) is 11.4 Å². The third kappa shape index (κ3) is 5.38. The largest absolute Gasteiger partial charge is 0.338 e. The number of nitrogens with zero attached hydrogens (tertiary/aromatic N) is 3. The van der Waals surface area contributed by atoms with Gasteiger partial charge in [-0.3, -0.25) is 14.6 Å². The molecule has 0 radical (unpaired) electrons. The first-order chi connectivity index (χ1) is 17.0. The van der Waals surface area contributed by atoms with Crippen LogP contribution in [0.4, 0.5) is 5.69 Å². The van der Waals surface area contributed by atoms with Crippen molar-refractivity contribution in [3.63, 3.8) is 0 Å². The van der Waals surface area contributed by atoms with E-state index >= 15 is 0 Å². The highest BCUT2D eigenvalue weighted by Crippen LogP contribution is 2.26. The molecule has 1 aromatic heterocycles. The molecule has 1 N–H and O–H groups in total. The molecule has 3 aromatic rings. The Kier molecular flexibility index (Phi) is 6.82. The second kappa shape index (κ2) is 10.2. The first-order valence-electron chi connectivity index (χ1n) is 12.7. The zero-order valence-corrected chi connectivity index (χ0v) is 20.7. The van der Waals surface area contributed by atoms with Gasteiger partial charge >= 0.3 is 0 Å². The quantitative estimate of drug-likeness (QED) is 0.597. The minimum Gasteiger partial charge on any atom is -0.338 e. The van der Waals surface area contributed by atoms with Crippen molar-refractivity contribution in [1.29, 1.82) is 0 Å². The smallest absolute Gasteiger partial charge is 0.227 e. The molecule has 1 fully saturated rings. The van der Waals surface area contributed by atoms with E-state index in [4.69, 9.17) is 0 Å². The van der Waals surface area contributed by atoms with Crippen LogP contribution in [0.25, 0.3) is 10.9 Å². The summed E-state index contributed by atoms with van der Waals surface area (Å²) in [6.45, 7) is 8.17. The maximum absolute atomic E-state index is 13.4. The molecule has 3 heterocycles. The Morgan fingerprint density at radius 2 is 1.89 bits per heavy atom. The molecule has 6 heteroatoms. The number of benzene rings is 2. The number of hydrogen-bond donors (Lipinski definition) is 1. The Morgan fingerprint density at radius 1 is 1.06 bits per heavy atom. The molecule has 0 spiro atoms. The number of rotatable bonds is 5. The third-order valence-corrected chi connectivity index (χ3v) is 7.54. The number of carbonyl (C=O) groups excluding carboxylic acids is 2. The van der Waals surface area contributed by atoms with E-state index in [1.54, 1.807) is 6.20 Å². The van der Waals surface area contributed by atoms with E-state index in [0.717, 1.165) is 62.0 Å². The SMILES string of the molecule is Cc1cc2c(cc1C)CN(C(=O)C1CCCN(CCC(=O)Nc3ccc4ncccc4c3)C1)CC2. The highest BCUT2D eigenvalue weighted by Gasteiger charge is 2.31. The molecule has 1 saturated heterocycles. The molecular formula is C29H34N4O2. The minimum absolute atomic E-state index is 0.00000824. The van der Waals surface area contributed by atoms with Crippen molar-refractivity contribution in [2.75, 3.05) is 31.5 Å².